The van der Waals surface area contributed by atoms with Gasteiger partial charge in [-0.05, 0) is 17.9 Å². The fourth-order valence-corrected chi connectivity index (χ4v) is 1.39. The third kappa shape index (κ3) is 3.98. The normalized spacial score (nSPS) is 11.4. The van der Waals surface area contributed by atoms with E-state index in [0.717, 1.165) is 12.5 Å². The summed E-state index contributed by atoms with van der Waals surface area (Å²) in [4.78, 5) is 11.7. The van der Waals surface area contributed by atoms with Crippen LogP contribution < -0.4 is 11.1 Å². The summed E-state index contributed by atoms with van der Waals surface area (Å²) in [5, 5.41) is 2.59. The topological polar surface area (TPSA) is 55.1 Å². The molecular weight excluding hydrogens is 238 g/mol. The molecule has 0 heterocycles. The molecule has 0 bridgehead atoms. The van der Waals surface area contributed by atoms with Crippen molar-refractivity contribution in [1.82, 2.24) is 5.32 Å². The number of halogens is 2. The number of nitrogens with two attached hydrogens (primary N) is 1. The Bertz CT molecular complexity index is 453. The van der Waals surface area contributed by atoms with Crippen LogP contribution in [0.2, 0.25) is 0 Å². The third-order valence-electron chi connectivity index (χ3n) is 2.49. The van der Waals surface area contributed by atoms with Gasteiger partial charge in [0.05, 0.1) is 11.3 Å². The average molecular weight is 256 g/mol. The first-order valence-corrected chi connectivity index (χ1v) is 5.73. The first-order valence-electron chi connectivity index (χ1n) is 5.73. The lowest BCUT2D eigenvalue weighted by Crippen LogP contribution is -2.28. The highest BCUT2D eigenvalue weighted by Crippen LogP contribution is 2.18. The van der Waals surface area contributed by atoms with Crippen molar-refractivity contribution in [2.24, 2.45) is 5.41 Å². The molecule has 1 aromatic carbocycles. The summed E-state index contributed by atoms with van der Waals surface area (Å²) in [5.41, 5.74) is 4.91. The van der Waals surface area contributed by atoms with E-state index in [4.69, 9.17) is 5.73 Å². The molecule has 0 unspecified atom stereocenters. The molecule has 1 rings (SSSR count). The quantitative estimate of drug-likeness (QED) is 0.817. The Hall–Kier alpha value is -1.65. The maximum atomic E-state index is 13.4. The summed E-state index contributed by atoms with van der Waals surface area (Å²) in [6.45, 7) is 6.54. The molecule has 3 N–H and O–H groups in total. The first-order chi connectivity index (χ1) is 8.20. The molecule has 18 heavy (non-hydrogen) atoms. The van der Waals surface area contributed by atoms with E-state index in [0.29, 0.717) is 12.6 Å². The molecule has 1 amide bonds. The number of nitrogens with one attached hydrogen (secondary N) is 1. The molecule has 0 saturated carbocycles. The predicted molar refractivity (Wildman–Crippen MR) is 67.2 cm³/mol. The van der Waals surface area contributed by atoms with Crippen molar-refractivity contribution >= 4 is 11.6 Å². The fourth-order valence-electron chi connectivity index (χ4n) is 1.39. The number of hydrogen-bond acceptors (Lipinski definition) is 2. The van der Waals surface area contributed by atoms with E-state index >= 15 is 0 Å². The number of anilines is 1. The Kier molecular flexibility index (Phi) is 4.27. The van der Waals surface area contributed by atoms with E-state index in [9.17, 15) is 13.6 Å². The number of benzene rings is 1. The first kappa shape index (κ1) is 14.4. The highest BCUT2D eigenvalue weighted by molar-refractivity contribution is 5.95. The Morgan fingerprint density at radius 3 is 2.44 bits per heavy atom. The van der Waals surface area contributed by atoms with Gasteiger partial charge in [0.15, 0.2) is 0 Å². The van der Waals surface area contributed by atoms with Crippen LogP contribution in [0.25, 0.3) is 0 Å². The number of carbonyl (C=O) groups excluding carboxylic acids is 1. The van der Waals surface area contributed by atoms with Crippen molar-refractivity contribution in [3.8, 4) is 0 Å². The zero-order chi connectivity index (χ0) is 13.9. The zero-order valence-electron chi connectivity index (χ0n) is 10.8. The minimum atomic E-state index is -0.907. The lowest BCUT2D eigenvalue weighted by Gasteiger charge is -2.18. The number of carbonyl (C=O) groups is 1. The van der Waals surface area contributed by atoms with E-state index in [1.54, 1.807) is 0 Å². The summed E-state index contributed by atoms with van der Waals surface area (Å²) >= 11 is 0. The highest BCUT2D eigenvalue weighted by Gasteiger charge is 2.16. The van der Waals surface area contributed by atoms with Gasteiger partial charge in [-0.3, -0.25) is 4.79 Å². The van der Waals surface area contributed by atoms with Crippen LogP contribution in [0.4, 0.5) is 14.5 Å². The summed E-state index contributed by atoms with van der Waals surface area (Å²) in [6.07, 6.45) is 0.761. The number of rotatable bonds is 3. The van der Waals surface area contributed by atoms with Crippen LogP contribution in [0.3, 0.4) is 0 Å². The van der Waals surface area contributed by atoms with Crippen molar-refractivity contribution in [3.05, 3.63) is 29.3 Å². The molecule has 3 nitrogen and oxygen atoms in total. The van der Waals surface area contributed by atoms with E-state index in [1.807, 2.05) is 20.8 Å². The maximum Gasteiger partial charge on any atom is 0.254 e. The van der Waals surface area contributed by atoms with Crippen LogP contribution >= 0.6 is 0 Å². The SMILES string of the molecule is CC(C)(C)CCNC(=O)c1cc(N)c(F)cc1F. The van der Waals surface area contributed by atoms with E-state index in [-0.39, 0.29) is 16.7 Å². The van der Waals surface area contributed by atoms with Gasteiger partial charge >= 0.3 is 0 Å². The molecule has 0 saturated heterocycles. The molecule has 100 valence electrons. The van der Waals surface area contributed by atoms with Gasteiger partial charge in [-0.1, -0.05) is 20.8 Å². The summed E-state index contributed by atoms with van der Waals surface area (Å²) in [7, 11) is 0. The molecule has 0 aliphatic carbocycles. The molecule has 5 heteroatoms. The molecule has 0 atom stereocenters. The predicted octanol–water partition coefficient (Wildman–Crippen LogP) is 2.71. The molecule has 0 fully saturated rings. The monoisotopic (exact) mass is 256 g/mol. The standard InChI is InChI=1S/C13H18F2N2O/c1-13(2,3)4-5-17-12(18)8-6-11(16)10(15)7-9(8)14/h6-7H,4-5,16H2,1-3H3,(H,17,18). The molecule has 0 spiro atoms. The van der Waals surface area contributed by atoms with Crippen molar-refractivity contribution in [3.63, 3.8) is 0 Å². The second kappa shape index (κ2) is 5.33. The van der Waals surface area contributed by atoms with Gasteiger partial charge in [0.2, 0.25) is 0 Å². The Morgan fingerprint density at radius 2 is 1.89 bits per heavy atom. The molecule has 0 aliphatic heterocycles. The van der Waals surface area contributed by atoms with Gasteiger partial charge in [-0.25, -0.2) is 8.78 Å². The van der Waals surface area contributed by atoms with Gasteiger partial charge in [0.1, 0.15) is 11.6 Å². The van der Waals surface area contributed by atoms with Gasteiger partial charge in [0.25, 0.3) is 5.91 Å². The van der Waals surface area contributed by atoms with Crippen molar-refractivity contribution in [2.45, 2.75) is 27.2 Å². The smallest absolute Gasteiger partial charge is 0.254 e. The third-order valence-corrected chi connectivity index (χ3v) is 2.49. The lowest BCUT2D eigenvalue weighted by molar-refractivity contribution is 0.0945. The highest BCUT2D eigenvalue weighted by atomic mass is 19.1. The van der Waals surface area contributed by atoms with Crippen LogP contribution in [0.5, 0.6) is 0 Å². The molecule has 1 aromatic rings. The lowest BCUT2D eigenvalue weighted by atomic mass is 9.92. The summed E-state index contributed by atoms with van der Waals surface area (Å²) in [5.74, 6) is -2.35. The molecule has 0 aliphatic rings. The van der Waals surface area contributed by atoms with E-state index in [1.165, 1.54) is 0 Å². The fraction of sp³-hybridized carbons (Fsp3) is 0.462. The van der Waals surface area contributed by atoms with Crippen molar-refractivity contribution in [2.75, 3.05) is 12.3 Å². The largest absolute Gasteiger partial charge is 0.396 e. The maximum absolute atomic E-state index is 13.4. The molecule has 0 radical (unpaired) electrons. The number of hydrogen-bond donors (Lipinski definition) is 2. The minimum absolute atomic E-state index is 0.0770. The van der Waals surface area contributed by atoms with Crippen molar-refractivity contribution < 1.29 is 13.6 Å². The summed E-state index contributed by atoms with van der Waals surface area (Å²) < 4.78 is 26.3. The van der Waals surface area contributed by atoms with E-state index in [2.05, 4.69) is 5.32 Å². The Labute approximate surface area is 105 Å². The van der Waals surface area contributed by atoms with Gasteiger partial charge in [0, 0.05) is 12.6 Å². The summed E-state index contributed by atoms with van der Waals surface area (Å²) in [6, 6.07) is 1.63. The molecule has 0 aromatic heterocycles. The second-order valence-corrected chi connectivity index (χ2v) is 5.42. The average Bonchev–Trinajstić information content (AvgIpc) is 2.21. The van der Waals surface area contributed by atoms with Gasteiger partial charge < -0.3 is 11.1 Å². The Morgan fingerprint density at radius 1 is 1.28 bits per heavy atom. The zero-order valence-corrected chi connectivity index (χ0v) is 10.8. The van der Waals surface area contributed by atoms with Crippen LogP contribution in [-0.4, -0.2) is 12.5 Å². The van der Waals surface area contributed by atoms with Crippen LogP contribution in [0.15, 0.2) is 12.1 Å². The van der Waals surface area contributed by atoms with Gasteiger partial charge in [-0.2, -0.15) is 0 Å². The number of nitrogen functional groups attached to an aromatic ring is 1. The van der Waals surface area contributed by atoms with E-state index < -0.39 is 17.5 Å². The van der Waals surface area contributed by atoms with Crippen molar-refractivity contribution in [1.29, 1.82) is 0 Å². The van der Waals surface area contributed by atoms with Crippen LogP contribution in [0.1, 0.15) is 37.6 Å². The molecular formula is C13H18F2N2O. The number of amides is 1. The van der Waals surface area contributed by atoms with Gasteiger partial charge in [-0.15, -0.1) is 0 Å². The second-order valence-electron chi connectivity index (χ2n) is 5.42. The van der Waals surface area contributed by atoms with Crippen LogP contribution in [-0.2, 0) is 0 Å². The minimum Gasteiger partial charge on any atom is -0.396 e. The Balaban J connectivity index is 2.70. The van der Waals surface area contributed by atoms with Crippen LogP contribution in [0, 0.1) is 17.0 Å².